The van der Waals surface area contributed by atoms with E-state index in [1.54, 1.807) is 0 Å². The Bertz CT molecular complexity index is 263. The van der Waals surface area contributed by atoms with Gasteiger partial charge in [0.2, 0.25) is 0 Å². The number of piperidine rings is 1. The number of carbonyl (C=O) groups is 1. The highest BCUT2D eigenvalue weighted by Gasteiger charge is 2.26. The number of amides is 1. The van der Waals surface area contributed by atoms with E-state index in [2.05, 4.69) is 21.2 Å². The van der Waals surface area contributed by atoms with Crippen molar-refractivity contribution in [1.82, 2.24) is 4.90 Å². The number of nitrogens with zero attached hydrogens (tertiary/aromatic N) is 1. The lowest BCUT2D eigenvalue weighted by atomic mass is 9.94. The molecular formula is C12H22INO3S. The average Bonchev–Trinajstić information content (AvgIpc) is 2.28. The van der Waals surface area contributed by atoms with Crippen molar-refractivity contribution in [3.63, 3.8) is 0 Å². The summed E-state index contributed by atoms with van der Waals surface area (Å²) in [7, 11) is 1.39. The molecule has 4 nitrogen and oxygen atoms in total. The lowest BCUT2D eigenvalue weighted by Crippen LogP contribution is -2.41. The number of halogens is 1. The Morgan fingerprint density at radius 2 is 2.00 bits per heavy atom. The SMILES string of the molecule is CC(C)(C)OC(=O)N1CCC(CCOSI)CC1. The van der Waals surface area contributed by atoms with E-state index in [0.717, 1.165) is 39.0 Å². The van der Waals surface area contributed by atoms with E-state index in [4.69, 9.17) is 8.92 Å². The molecule has 18 heavy (non-hydrogen) atoms. The van der Waals surface area contributed by atoms with Crippen LogP contribution in [0.1, 0.15) is 40.0 Å². The van der Waals surface area contributed by atoms with Gasteiger partial charge in [-0.15, -0.1) is 0 Å². The summed E-state index contributed by atoms with van der Waals surface area (Å²) in [5.74, 6) is 0.673. The van der Waals surface area contributed by atoms with Crippen LogP contribution in [0.3, 0.4) is 0 Å². The minimum atomic E-state index is -0.403. The highest BCUT2D eigenvalue weighted by molar-refractivity contribution is 14.2. The van der Waals surface area contributed by atoms with Crippen LogP contribution in [0.2, 0.25) is 0 Å². The van der Waals surface area contributed by atoms with E-state index in [9.17, 15) is 4.79 Å². The second kappa shape index (κ2) is 7.79. The van der Waals surface area contributed by atoms with Crippen molar-refractivity contribution in [2.75, 3.05) is 19.7 Å². The molecular weight excluding hydrogens is 365 g/mol. The molecule has 0 N–H and O–H groups in total. The van der Waals surface area contributed by atoms with E-state index in [-0.39, 0.29) is 6.09 Å². The van der Waals surface area contributed by atoms with Crippen LogP contribution in [0.5, 0.6) is 0 Å². The average molecular weight is 387 g/mol. The van der Waals surface area contributed by atoms with Crippen molar-refractivity contribution in [2.24, 2.45) is 5.92 Å². The van der Waals surface area contributed by atoms with Gasteiger partial charge < -0.3 is 13.8 Å². The second-order valence-electron chi connectivity index (χ2n) is 5.58. The van der Waals surface area contributed by atoms with Gasteiger partial charge in [0, 0.05) is 34.3 Å². The molecule has 0 aromatic carbocycles. The first-order chi connectivity index (χ1) is 8.42. The molecule has 1 aliphatic rings. The lowest BCUT2D eigenvalue weighted by molar-refractivity contribution is 0.0178. The predicted molar refractivity (Wildman–Crippen MR) is 82.7 cm³/mol. The van der Waals surface area contributed by atoms with Gasteiger partial charge in [0.15, 0.2) is 0 Å². The first-order valence-corrected chi connectivity index (χ1v) is 9.59. The maximum absolute atomic E-state index is 11.9. The fraction of sp³-hybridized carbons (Fsp3) is 0.917. The molecule has 0 spiro atoms. The molecule has 0 aromatic heterocycles. The highest BCUT2D eigenvalue weighted by Crippen LogP contribution is 2.23. The molecule has 1 heterocycles. The molecule has 0 unspecified atom stereocenters. The Hall–Kier alpha value is 0.310. The van der Waals surface area contributed by atoms with Gasteiger partial charge in [-0.1, -0.05) is 0 Å². The van der Waals surface area contributed by atoms with Gasteiger partial charge in [0.05, 0.1) is 15.8 Å². The van der Waals surface area contributed by atoms with E-state index in [0.29, 0.717) is 5.92 Å². The van der Waals surface area contributed by atoms with Crippen molar-refractivity contribution in [2.45, 2.75) is 45.6 Å². The molecule has 0 aromatic rings. The van der Waals surface area contributed by atoms with Crippen LogP contribution < -0.4 is 0 Å². The van der Waals surface area contributed by atoms with Crippen LogP contribution in [0.15, 0.2) is 0 Å². The standard InChI is InChI=1S/C12H22INO3S/c1-12(2,3)17-11(15)14-7-4-10(5-8-14)6-9-16-18-13/h10H,4-9H2,1-3H3. The molecule has 0 saturated carbocycles. The van der Waals surface area contributed by atoms with Crippen molar-refractivity contribution in [3.05, 3.63) is 0 Å². The van der Waals surface area contributed by atoms with Crippen molar-refractivity contribution in [3.8, 4) is 0 Å². The summed E-state index contributed by atoms with van der Waals surface area (Å²) in [5.41, 5.74) is -0.403. The van der Waals surface area contributed by atoms with Gasteiger partial charge in [0.1, 0.15) is 5.60 Å². The summed E-state index contributed by atoms with van der Waals surface area (Å²) in [4.78, 5) is 13.7. The zero-order chi connectivity index (χ0) is 13.6. The van der Waals surface area contributed by atoms with Gasteiger partial charge in [-0.2, -0.15) is 0 Å². The zero-order valence-electron chi connectivity index (χ0n) is 11.3. The number of ether oxygens (including phenoxy) is 1. The molecule has 1 rings (SSSR count). The second-order valence-corrected chi connectivity index (χ2v) is 7.02. The number of carbonyl (C=O) groups excluding carboxylic acids is 1. The monoisotopic (exact) mass is 387 g/mol. The predicted octanol–water partition coefficient (Wildman–Crippen LogP) is 4.04. The Kier molecular flexibility index (Phi) is 7.08. The summed E-state index contributed by atoms with van der Waals surface area (Å²) in [6.45, 7) is 8.10. The van der Waals surface area contributed by atoms with Crippen LogP contribution in [-0.4, -0.2) is 36.3 Å². The maximum Gasteiger partial charge on any atom is 0.410 e. The van der Waals surface area contributed by atoms with Crippen molar-refractivity contribution in [1.29, 1.82) is 0 Å². The Morgan fingerprint density at radius 1 is 1.39 bits per heavy atom. The van der Waals surface area contributed by atoms with Crippen LogP contribution >= 0.6 is 30.4 Å². The molecule has 1 saturated heterocycles. The minimum absolute atomic E-state index is 0.181. The van der Waals surface area contributed by atoms with Crippen LogP contribution in [0, 0.1) is 5.92 Å². The normalized spacial score (nSPS) is 17.9. The van der Waals surface area contributed by atoms with Gasteiger partial charge in [-0.05, 0) is 46.0 Å². The molecule has 1 aliphatic heterocycles. The fourth-order valence-corrected chi connectivity index (χ4v) is 2.68. The van der Waals surface area contributed by atoms with Crippen LogP contribution in [0.25, 0.3) is 0 Å². The molecule has 1 amide bonds. The molecule has 106 valence electrons. The fourth-order valence-electron chi connectivity index (χ4n) is 1.98. The molecule has 0 radical (unpaired) electrons. The lowest BCUT2D eigenvalue weighted by Gasteiger charge is -2.33. The molecule has 0 atom stereocenters. The van der Waals surface area contributed by atoms with Gasteiger partial charge in [0.25, 0.3) is 0 Å². The number of likely N-dealkylation sites (tertiary alicyclic amines) is 1. The molecule has 6 heteroatoms. The first kappa shape index (κ1) is 16.4. The maximum atomic E-state index is 11.9. The van der Waals surface area contributed by atoms with Crippen molar-refractivity contribution >= 4 is 36.5 Å². The van der Waals surface area contributed by atoms with Crippen molar-refractivity contribution < 1.29 is 13.7 Å². The van der Waals surface area contributed by atoms with Crippen LogP contribution in [-0.2, 0) is 8.92 Å². The van der Waals surface area contributed by atoms with E-state index in [1.165, 1.54) is 9.21 Å². The Balaban J connectivity index is 2.24. The Morgan fingerprint density at radius 3 is 2.50 bits per heavy atom. The minimum Gasteiger partial charge on any atom is -0.444 e. The van der Waals surface area contributed by atoms with E-state index < -0.39 is 5.60 Å². The summed E-state index contributed by atoms with van der Waals surface area (Å²) in [6, 6.07) is 0. The smallest absolute Gasteiger partial charge is 0.410 e. The zero-order valence-corrected chi connectivity index (χ0v) is 14.3. The first-order valence-electron chi connectivity index (χ1n) is 6.30. The van der Waals surface area contributed by atoms with Gasteiger partial charge >= 0.3 is 6.09 Å². The summed E-state index contributed by atoms with van der Waals surface area (Å²) in [6.07, 6.45) is 3.00. The van der Waals surface area contributed by atoms with Gasteiger partial charge in [-0.25, -0.2) is 4.79 Å². The van der Waals surface area contributed by atoms with E-state index in [1.807, 2.05) is 25.7 Å². The summed E-state index contributed by atoms with van der Waals surface area (Å²) >= 11 is 2.13. The number of hydrogen-bond donors (Lipinski definition) is 0. The number of rotatable bonds is 4. The third-order valence-electron chi connectivity index (χ3n) is 2.92. The third kappa shape index (κ3) is 6.47. The topological polar surface area (TPSA) is 38.8 Å². The van der Waals surface area contributed by atoms with Crippen LogP contribution in [0.4, 0.5) is 4.79 Å². The quantitative estimate of drug-likeness (QED) is 0.415. The molecule has 0 bridgehead atoms. The number of hydrogen-bond acceptors (Lipinski definition) is 4. The molecule has 1 fully saturated rings. The molecule has 0 aliphatic carbocycles. The third-order valence-corrected chi connectivity index (χ3v) is 3.94. The Labute approximate surface area is 126 Å². The van der Waals surface area contributed by atoms with E-state index >= 15 is 0 Å². The van der Waals surface area contributed by atoms with Gasteiger partial charge in [-0.3, -0.25) is 0 Å². The highest BCUT2D eigenvalue weighted by atomic mass is 127. The summed E-state index contributed by atoms with van der Waals surface area (Å²) < 4.78 is 10.6. The largest absolute Gasteiger partial charge is 0.444 e. The summed E-state index contributed by atoms with van der Waals surface area (Å²) in [5, 5.41) is 0.